The van der Waals surface area contributed by atoms with Gasteiger partial charge in [0, 0.05) is 18.1 Å². The Morgan fingerprint density at radius 2 is 2.10 bits per heavy atom. The number of halogens is 1. The zero-order valence-electron chi connectivity index (χ0n) is 11.8. The second-order valence-corrected chi connectivity index (χ2v) is 7.57. The lowest BCUT2D eigenvalue weighted by Gasteiger charge is -2.20. The summed E-state index contributed by atoms with van der Waals surface area (Å²) in [4.78, 5) is 11.0. The van der Waals surface area contributed by atoms with Crippen molar-refractivity contribution in [3.8, 4) is 6.07 Å². The van der Waals surface area contributed by atoms with Crippen LogP contribution in [-0.4, -0.2) is 37.4 Å². The number of benzene rings is 1. The van der Waals surface area contributed by atoms with Crippen LogP contribution in [0.2, 0.25) is 0 Å². The molecule has 1 N–H and O–H groups in total. The van der Waals surface area contributed by atoms with Gasteiger partial charge in [-0.25, -0.2) is 13.2 Å². The van der Waals surface area contributed by atoms with Crippen molar-refractivity contribution in [1.29, 1.82) is 5.26 Å². The lowest BCUT2D eigenvalue weighted by atomic mass is 10.1. The Kier molecular flexibility index (Phi) is 5.50. The van der Waals surface area contributed by atoms with Crippen LogP contribution in [0.5, 0.6) is 0 Å². The summed E-state index contributed by atoms with van der Waals surface area (Å²) in [7, 11) is -2.50. The lowest BCUT2D eigenvalue weighted by molar-refractivity contribution is 0.0696. The van der Waals surface area contributed by atoms with E-state index in [0.717, 1.165) is 10.4 Å². The smallest absolute Gasteiger partial charge is 0.335 e. The molecule has 6 nitrogen and oxygen atoms in total. The van der Waals surface area contributed by atoms with Crippen molar-refractivity contribution in [1.82, 2.24) is 4.31 Å². The number of aromatic carboxylic acids is 1. The highest BCUT2D eigenvalue weighted by atomic mass is 79.9. The molecule has 0 amide bonds. The lowest BCUT2D eigenvalue weighted by Crippen LogP contribution is -2.31. The Labute approximate surface area is 132 Å². The third kappa shape index (κ3) is 3.81. The monoisotopic (exact) mass is 374 g/mol. The van der Waals surface area contributed by atoms with Crippen LogP contribution in [-0.2, 0) is 10.0 Å². The SMILES string of the molecule is Cc1c(Br)cc(C(=O)O)cc1S(=O)(=O)N(C)CC(C)C#N. The van der Waals surface area contributed by atoms with Crippen molar-refractivity contribution in [2.45, 2.75) is 18.7 Å². The number of hydrogen-bond donors (Lipinski definition) is 1. The average molecular weight is 375 g/mol. The summed E-state index contributed by atoms with van der Waals surface area (Å²) in [6, 6.07) is 4.45. The predicted molar refractivity (Wildman–Crippen MR) is 80.4 cm³/mol. The van der Waals surface area contributed by atoms with Gasteiger partial charge in [0.1, 0.15) is 0 Å². The number of carbonyl (C=O) groups is 1. The van der Waals surface area contributed by atoms with E-state index in [1.807, 2.05) is 6.07 Å². The minimum absolute atomic E-state index is 0.0349. The van der Waals surface area contributed by atoms with Gasteiger partial charge in [-0.3, -0.25) is 0 Å². The number of carboxylic acids is 1. The Bertz CT molecular complexity index is 710. The molecule has 0 aromatic heterocycles. The molecule has 0 saturated carbocycles. The van der Waals surface area contributed by atoms with Gasteiger partial charge in [0.2, 0.25) is 10.0 Å². The summed E-state index contributed by atoms with van der Waals surface area (Å²) < 4.78 is 26.5. The minimum Gasteiger partial charge on any atom is -0.478 e. The molecule has 0 aliphatic carbocycles. The number of hydrogen-bond acceptors (Lipinski definition) is 4. The highest BCUT2D eigenvalue weighted by Crippen LogP contribution is 2.28. The van der Waals surface area contributed by atoms with Crippen LogP contribution in [0.3, 0.4) is 0 Å². The fourth-order valence-corrected chi connectivity index (χ4v) is 3.86. The van der Waals surface area contributed by atoms with Crippen molar-refractivity contribution in [2.24, 2.45) is 5.92 Å². The van der Waals surface area contributed by atoms with Gasteiger partial charge in [0.15, 0.2) is 0 Å². The van der Waals surface area contributed by atoms with Crippen LogP contribution in [0.25, 0.3) is 0 Å². The molecule has 8 heteroatoms. The Morgan fingerprint density at radius 3 is 2.57 bits per heavy atom. The molecule has 114 valence electrons. The summed E-state index contributed by atoms with van der Waals surface area (Å²) in [6.07, 6.45) is 0. The first-order valence-electron chi connectivity index (χ1n) is 6.00. The fourth-order valence-electron chi connectivity index (χ4n) is 1.74. The first-order valence-corrected chi connectivity index (χ1v) is 8.24. The van der Waals surface area contributed by atoms with E-state index < -0.39 is 21.9 Å². The molecule has 0 bridgehead atoms. The molecule has 1 aromatic rings. The molecular weight excluding hydrogens is 360 g/mol. The summed E-state index contributed by atoms with van der Waals surface area (Å²) in [5, 5.41) is 17.8. The van der Waals surface area contributed by atoms with Crippen LogP contribution in [0, 0.1) is 24.2 Å². The molecule has 21 heavy (non-hydrogen) atoms. The maximum Gasteiger partial charge on any atom is 0.335 e. The van der Waals surface area contributed by atoms with Crippen LogP contribution in [0.4, 0.5) is 0 Å². The van der Waals surface area contributed by atoms with E-state index >= 15 is 0 Å². The number of carboxylic acid groups (broad SMARTS) is 1. The second-order valence-electron chi connectivity index (χ2n) is 4.70. The summed E-state index contributed by atoms with van der Waals surface area (Å²) in [5.74, 6) is -1.67. The van der Waals surface area contributed by atoms with Crippen molar-refractivity contribution >= 4 is 31.9 Å². The molecule has 1 atom stereocenters. The van der Waals surface area contributed by atoms with E-state index in [0.29, 0.717) is 10.0 Å². The number of nitrogens with zero attached hydrogens (tertiary/aromatic N) is 2. The molecule has 0 radical (unpaired) electrons. The summed E-state index contributed by atoms with van der Waals surface area (Å²) >= 11 is 3.17. The van der Waals surface area contributed by atoms with Crippen molar-refractivity contribution in [2.75, 3.05) is 13.6 Å². The Hall–Kier alpha value is -1.43. The maximum atomic E-state index is 12.5. The topological polar surface area (TPSA) is 98.5 Å². The van der Waals surface area contributed by atoms with Crippen LogP contribution < -0.4 is 0 Å². The molecule has 0 saturated heterocycles. The van der Waals surface area contributed by atoms with Gasteiger partial charge >= 0.3 is 5.97 Å². The first-order chi connectivity index (χ1) is 9.61. The minimum atomic E-state index is -3.86. The van der Waals surface area contributed by atoms with Gasteiger partial charge < -0.3 is 5.11 Å². The standard InChI is InChI=1S/C13H15BrN2O4S/c1-8(6-15)7-16(3)21(19,20)12-5-10(13(17)18)4-11(14)9(12)2/h4-5,8H,7H2,1-3H3,(H,17,18). The maximum absolute atomic E-state index is 12.5. The molecule has 0 aliphatic heterocycles. The largest absolute Gasteiger partial charge is 0.478 e. The van der Waals surface area contributed by atoms with Gasteiger partial charge in [0.25, 0.3) is 0 Å². The van der Waals surface area contributed by atoms with Crippen LogP contribution in [0.15, 0.2) is 21.5 Å². The number of rotatable bonds is 5. The van der Waals surface area contributed by atoms with Gasteiger partial charge in [0.05, 0.1) is 22.4 Å². The summed E-state index contributed by atoms with van der Waals surface area (Å²) in [5.41, 5.74) is 0.309. The predicted octanol–water partition coefficient (Wildman–Crippen LogP) is 2.24. The van der Waals surface area contributed by atoms with Crippen molar-refractivity contribution in [3.05, 3.63) is 27.7 Å². The van der Waals surface area contributed by atoms with Gasteiger partial charge in [-0.2, -0.15) is 9.57 Å². The van der Waals surface area contributed by atoms with Crippen LogP contribution >= 0.6 is 15.9 Å². The van der Waals surface area contributed by atoms with Crippen molar-refractivity contribution < 1.29 is 18.3 Å². The van der Waals surface area contributed by atoms with E-state index in [1.54, 1.807) is 13.8 Å². The summed E-state index contributed by atoms with van der Waals surface area (Å²) in [6.45, 7) is 3.24. The van der Waals surface area contributed by atoms with E-state index in [1.165, 1.54) is 13.1 Å². The quantitative estimate of drug-likeness (QED) is 0.851. The van der Waals surface area contributed by atoms with Crippen LogP contribution in [0.1, 0.15) is 22.8 Å². The zero-order chi connectivity index (χ0) is 16.4. The Morgan fingerprint density at radius 1 is 1.52 bits per heavy atom. The molecule has 0 aliphatic rings. The zero-order valence-corrected chi connectivity index (χ0v) is 14.2. The van der Waals surface area contributed by atoms with E-state index in [9.17, 15) is 13.2 Å². The number of sulfonamides is 1. The fraction of sp³-hybridized carbons (Fsp3) is 0.385. The van der Waals surface area contributed by atoms with E-state index in [-0.39, 0.29) is 17.0 Å². The first kappa shape index (κ1) is 17.6. The normalized spacial score (nSPS) is 13.0. The van der Waals surface area contributed by atoms with E-state index in [4.69, 9.17) is 10.4 Å². The molecule has 1 aromatic carbocycles. The van der Waals surface area contributed by atoms with Crippen molar-refractivity contribution in [3.63, 3.8) is 0 Å². The second kappa shape index (κ2) is 6.56. The Balaban J connectivity index is 3.38. The van der Waals surface area contributed by atoms with E-state index in [2.05, 4.69) is 15.9 Å². The molecular formula is C13H15BrN2O4S. The molecule has 1 rings (SSSR count). The molecule has 1 unspecified atom stereocenters. The highest BCUT2D eigenvalue weighted by Gasteiger charge is 2.26. The third-order valence-corrected chi connectivity index (χ3v) is 5.76. The van der Waals surface area contributed by atoms with Gasteiger partial charge in [-0.1, -0.05) is 15.9 Å². The highest BCUT2D eigenvalue weighted by molar-refractivity contribution is 9.10. The molecule has 0 spiro atoms. The van der Waals surface area contributed by atoms with Gasteiger partial charge in [-0.05, 0) is 31.5 Å². The average Bonchev–Trinajstić information content (AvgIpc) is 2.40. The van der Waals surface area contributed by atoms with Gasteiger partial charge in [-0.15, -0.1) is 0 Å². The number of nitriles is 1. The molecule has 0 heterocycles. The molecule has 0 fully saturated rings. The third-order valence-electron chi connectivity index (χ3n) is 2.98.